The third-order valence-electron chi connectivity index (χ3n) is 10.5. The second kappa shape index (κ2) is 8.70. The number of hydrogen-bond donors (Lipinski definition) is 0. The molecular weight excluding hydrogens is 348 g/mol. The SMILES string of the molecule is C=C(C)CCCC1(C)CCC2C(CCC(C3(C)CCCC(C)(C)C3CC)C2C)C1. The molecule has 7 unspecified atom stereocenters. The second-order valence-corrected chi connectivity index (χ2v) is 13.1. The van der Waals surface area contributed by atoms with E-state index in [1.165, 1.54) is 82.6 Å². The van der Waals surface area contributed by atoms with Crippen molar-refractivity contribution in [3.8, 4) is 0 Å². The van der Waals surface area contributed by atoms with Crippen LogP contribution in [-0.2, 0) is 0 Å². The van der Waals surface area contributed by atoms with Gasteiger partial charge in [-0.15, -0.1) is 6.58 Å². The topological polar surface area (TPSA) is 0 Å². The summed E-state index contributed by atoms with van der Waals surface area (Å²) in [6.07, 6.45) is 17.3. The minimum Gasteiger partial charge on any atom is -0.100 e. The van der Waals surface area contributed by atoms with Gasteiger partial charge in [-0.1, -0.05) is 60.0 Å². The van der Waals surface area contributed by atoms with E-state index in [1.54, 1.807) is 0 Å². The zero-order chi connectivity index (χ0) is 21.4. The number of fused-ring (bicyclic) bond motifs is 1. The predicted molar refractivity (Wildman–Crippen MR) is 129 cm³/mol. The van der Waals surface area contributed by atoms with Crippen LogP contribution in [0.3, 0.4) is 0 Å². The van der Waals surface area contributed by atoms with E-state index in [9.17, 15) is 0 Å². The lowest BCUT2D eigenvalue weighted by molar-refractivity contribution is -0.104. The largest absolute Gasteiger partial charge is 0.100 e. The van der Waals surface area contributed by atoms with Crippen LogP contribution in [0.1, 0.15) is 126 Å². The minimum atomic E-state index is 0.534. The van der Waals surface area contributed by atoms with Gasteiger partial charge < -0.3 is 0 Å². The van der Waals surface area contributed by atoms with E-state index in [0.717, 1.165) is 29.6 Å². The maximum Gasteiger partial charge on any atom is -0.0262 e. The maximum absolute atomic E-state index is 4.12. The fourth-order valence-electron chi connectivity index (χ4n) is 9.20. The first-order valence-electron chi connectivity index (χ1n) is 13.2. The Morgan fingerprint density at radius 1 is 1.00 bits per heavy atom. The minimum absolute atomic E-state index is 0.534. The van der Waals surface area contributed by atoms with Crippen LogP contribution in [0, 0.1) is 45.8 Å². The summed E-state index contributed by atoms with van der Waals surface area (Å²) in [5.41, 5.74) is 3.08. The van der Waals surface area contributed by atoms with Gasteiger partial charge in [0.05, 0.1) is 0 Å². The molecule has 0 aliphatic heterocycles. The molecule has 0 spiro atoms. The molecule has 0 N–H and O–H groups in total. The fraction of sp³-hybridized carbons (Fsp3) is 0.931. The van der Waals surface area contributed by atoms with E-state index in [1.807, 2.05) is 0 Å². The summed E-state index contributed by atoms with van der Waals surface area (Å²) in [5, 5.41) is 0. The Kier molecular flexibility index (Phi) is 7.02. The Bertz CT molecular complexity index is 571. The highest BCUT2D eigenvalue weighted by Gasteiger charge is 2.54. The Hall–Kier alpha value is -0.260. The first kappa shape index (κ1) is 23.4. The van der Waals surface area contributed by atoms with Gasteiger partial charge in [0.1, 0.15) is 0 Å². The van der Waals surface area contributed by atoms with Crippen molar-refractivity contribution < 1.29 is 0 Å². The molecule has 3 fully saturated rings. The summed E-state index contributed by atoms with van der Waals surface area (Å²) >= 11 is 0. The fourth-order valence-corrected chi connectivity index (χ4v) is 9.20. The van der Waals surface area contributed by atoms with Crippen LogP contribution in [0.2, 0.25) is 0 Å². The van der Waals surface area contributed by atoms with Crippen LogP contribution in [-0.4, -0.2) is 0 Å². The van der Waals surface area contributed by atoms with Gasteiger partial charge in [0.15, 0.2) is 0 Å². The summed E-state index contributed by atoms with van der Waals surface area (Å²) in [4.78, 5) is 0. The molecule has 0 heterocycles. The third-order valence-corrected chi connectivity index (χ3v) is 10.5. The van der Waals surface area contributed by atoms with Gasteiger partial charge in [-0.25, -0.2) is 0 Å². The van der Waals surface area contributed by atoms with Crippen molar-refractivity contribution in [3.63, 3.8) is 0 Å². The van der Waals surface area contributed by atoms with Gasteiger partial charge in [-0.05, 0) is 117 Å². The van der Waals surface area contributed by atoms with E-state index in [4.69, 9.17) is 0 Å². The molecule has 3 aliphatic carbocycles. The van der Waals surface area contributed by atoms with Crippen molar-refractivity contribution in [2.45, 2.75) is 126 Å². The zero-order valence-corrected chi connectivity index (χ0v) is 21.1. The molecule has 3 saturated carbocycles. The van der Waals surface area contributed by atoms with Gasteiger partial charge >= 0.3 is 0 Å². The molecule has 0 nitrogen and oxygen atoms in total. The van der Waals surface area contributed by atoms with Crippen molar-refractivity contribution in [1.82, 2.24) is 0 Å². The van der Waals surface area contributed by atoms with Crippen molar-refractivity contribution in [2.24, 2.45) is 45.8 Å². The van der Waals surface area contributed by atoms with Crippen molar-refractivity contribution >= 4 is 0 Å². The summed E-state index contributed by atoms with van der Waals surface area (Å²) in [6.45, 7) is 21.9. The van der Waals surface area contributed by atoms with E-state index in [-0.39, 0.29) is 0 Å². The maximum atomic E-state index is 4.12. The summed E-state index contributed by atoms with van der Waals surface area (Å²) in [6, 6.07) is 0. The lowest BCUT2D eigenvalue weighted by Crippen LogP contribution is -2.51. The Morgan fingerprint density at radius 3 is 2.38 bits per heavy atom. The average molecular weight is 401 g/mol. The van der Waals surface area contributed by atoms with Gasteiger partial charge in [0, 0.05) is 0 Å². The van der Waals surface area contributed by atoms with Gasteiger partial charge in [0.25, 0.3) is 0 Å². The van der Waals surface area contributed by atoms with Crippen LogP contribution < -0.4 is 0 Å². The molecular formula is C29H52. The Morgan fingerprint density at radius 2 is 1.72 bits per heavy atom. The second-order valence-electron chi connectivity index (χ2n) is 13.1. The first-order valence-corrected chi connectivity index (χ1v) is 13.2. The first-order chi connectivity index (χ1) is 13.5. The third kappa shape index (κ3) is 4.67. The lowest BCUT2D eigenvalue weighted by atomic mass is 9.45. The molecule has 0 radical (unpaired) electrons. The van der Waals surface area contributed by atoms with Crippen molar-refractivity contribution in [1.29, 1.82) is 0 Å². The Balaban J connectivity index is 1.69. The highest BCUT2D eigenvalue weighted by atomic mass is 14.6. The molecule has 0 amide bonds. The molecule has 3 aliphatic rings. The summed E-state index contributed by atoms with van der Waals surface area (Å²) < 4.78 is 0. The predicted octanol–water partition coefficient (Wildman–Crippen LogP) is 9.44. The summed E-state index contributed by atoms with van der Waals surface area (Å²) in [5.74, 6) is 4.80. The van der Waals surface area contributed by atoms with E-state index in [0.29, 0.717) is 16.2 Å². The molecule has 0 aromatic carbocycles. The van der Waals surface area contributed by atoms with E-state index >= 15 is 0 Å². The number of rotatable bonds is 6. The van der Waals surface area contributed by atoms with E-state index < -0.39 is 0 Å². The molecule has 0 bridgehead atoms. The Labute approximate surface area is 183 Å². The van der Waals surface area contributed by atoms with E-state index in [2.05, 4.69) is 55.0 Å². The van der Waals surface area contributed by atoms with Crippen LogP contribution in [0.15, 0.2) is 12.2 Å². The van der Waals surface area contributed by atoms with Gasteiger partial charge in [-0.2, -0.15) is 0 Å². The standard InChI is InChI=1S/C29H52/c1-9-26-27(5,6)16-11-18-29(26,8)25-14-13-23-20-28(7,17-10-12-21(2)3)19-15-24(23)22(25)4/h22-26H,2,9-20H2,1,3-8H3. The zero-order valence-electron chi connectivity index (χ0n) is 21.1. The van der Waals surface area contributed by atoms with Gasteiger partial charge in [0.2, 0.25) is 0 Å². The number of allylic oxidation sites excluding steroid dienone is 1. The highest BCUT2D eigenvalue weighted by molar-refractivity contribution is 5.03. The lowest BCUT2D eigenvalue weighted by Gasteiger charge is -2.60. The average Bonchev–Trinajstić information content (AvgIpc) is 2.60. The van der Waals surface area contributed by atoms with Crippen molar-refractivity contribution in [2.75, 3.05) is 0 Å². The molecule has 7 atom stereocenters. The van der Waals surface area contributed by atoms with Crippen LogP contribution >= 0.6 is 0 Å². The molecule has 29 heavy (non-hydrogen) atoms. The van der Waals surface area contributed by atoms with Crippen molar-refractivity contribution in [3.05, 3.63) is 12.2 Å². The molecule has 168 valence electrons. The monoisotopic (exact) mass is 400 g/mol. The highest BCUT2D eigenvalue weighted by Crippen LogP contribution is 2.63. The quantitative estimate of drug-likeness (QED) is 0.389. The molecule has 3 rings (SSSR count). The molecule has 0 aromatic rings. The van der Waals surface area contributed by atoms with Gasteiger partial charge in [-0.3, -0.25) is 0 Å². The smallest absolute Gasteiger partial charge is 0.0262 e. The summed E-state index contributed by atoms with van der Waals surface area (Å²) in [7, 11) is 0. The number of hydrogen-bond acceptors (Lipinski definition) is 0. The van der Waals surface area contributed by atoms with Crippen LogP contribution in [0.5, 0.6) is 0 Å². The van der Waals surface area contributed by atoms with Crippen LogP contribution in [0.4, 0.5) is 0 Å². The van der Waals surface area contributed by atoms with Crippen LogP contribution in [0.25, 0.3) is 0 Å². The normalized spacial score (nSPS) is 44.9. The molecule has 0 aromatic heterocycles. The molecule has 0 saturated heterocycles. The molecule has 0 heteroatoms.